The fourth-order valence-corrected chi connectivity index (χ4v) is 5.96. The van der Waals surface area contributed by atoms with Crippen molar-refractivity contribution in [1.82, 2.24) is 19.9 Å². The van der Waals surface area contributed by atoms with Gasteiger partial charge in [-0.05, 0) is 31.0 Å². The molecular weight excluding hydrogens is 530 g/mol. The first kappa shape index (κ1) is 25.5. The van der Waals surface area contributed by atoms with Crippen LogP contribution in [0.4, 0.5) is 0 Å². The quantitative estimate of drug-likeness (QED) is 0.362. The van der Waals surface area contributed by atoms with Crippen molar-refractivity contribution in [3.63, 3.8) is 0 Å². The molecule has 3 aliphatic heterocycles. The number of aliphatic imine (C=N–C) groups is 1. The maximum Gasteiger partial charge on any atom is 0.296 e. The number of nitrogens with one attached hydrogen (secondary N) is 1. The number of hydrogen-bond acceptors (Lipinski definition) is 8. The third kappa shape index (κ3) is 4.53. The average molecular weight is 560 g/mol. The van der Waals surface area contributed by atoms with Crippen LogP contribution in [0.1, 0.15) is 19.4 Å². The van der Waals surface area contributed by atoms with Gasteiger partial charge >= 0.3 is 0 Å². The number of pyridine rings is 1. The Bertz CT molecular complexity index is 1570. The number of amidine groups is 1. The van der Waals surface area contributed by atoms with Crippen molar-refractivity contribution in [2.24, 2.45) is 4.99 Å². The lowest BCUT2D eigenvalue weighted by Gasteiger charge is -2.24. The third-order valence-corrected chi connectivity index (χ3v) is 8.07. The second-order valence-electron chi connectivity index (χ2n) is 10.7. The minimum absolute atomic E-state index is 0.243. The number of fused-ring (bicyclic) bond motifs is 2. The van der Waals surface area contributed by atoms with Crippen LogP contribution in [0.5, 0.6) is 6.01 Å². The first-order valence-corrected chi connectivity index (χ1v) is 14.0. The molecule has 0 aliphatic carbocycles. The van der Waals surface area contributed by atoms with E-state index < -0.39 is 6.10 Å². The lowest BCUT2D eigenvalue weighted by atomic mass is 10.0. The number of imidazole rings is 1. The Morgan fingerprint density at radius 2 is 1.62 bits per heavy atom. The number of aromatic amines is 1. The highest BCUT2D eigenvalue weighted by Crippen LogP contribution is 2.33. The molecular formula is C30H30ClN5O4. The summed E-state index contributed by atoms with van der Waals surface area (Å²) in [5.41, 5.74) is 6.10. The zero-order valence-corrected chi connectivity index (χ0v) is 23.0. The summed E-state index contributed by atoms with van der Waals surface area (Å²) in [7, 11) is 0. The molecule has 2 aromatic carbocycles. The zero-order chi connectivity index (χ0) is 27.4. The van der Waals surface area contributed by atoms with Gasteiger partial charge in [-0.25, -0.2) is 4.98 Å². The second kappa shape index (κ2) is 10.2. The van der Waals surface area contributed by atoms with Crippen molar-refractivity contribution in [2.75, 3.05) is 26.3 Å². The first-order valence-electron chi connectivity index (χ1n) is 13.6. The zero-order valence-electron chi connectivity index (χ0n) is 22.3. The van der Waals surface area contributed by atoms with Gasteiger partial charge in [-0.2, -0.15) is 4.98 Å². The molecule has 2 fully saturated rings. The minimum atomic E-state index is -0.634. The van der Waals surface area contributed by atoms with Crippen LogP contribution in [0.25, 0.3) is 33.5 Å². The predicted molar refractivity (Wildman–Crippen MR) is 153 cm³/mol. The van der Waals surface area contributed by atoms with Crippen LogP contribution in [0, 0.1) is 0 Å². The highest BCUT2D eigenvalue weighted by molar-refractivity contribution is 6.33. The van der Waals surface area contributed by atoms with Crippen LogP contribution < -0.4 is 4.74 Å². The van der Waals surface area contributed by atoms with E-state index in [0.29, 0.717) is 40.5 Å². The molecule has 5 heterocycles. The van der Waals surface area contributed by atoms with Gasteiger partial charge in [0.1, 0.15) is 24.1 Å². The molecule has 0 radical (unpaired) electrons. The number of hydrogen-bond donors (Lipinski definition) is 2. The van der Waals surface area contributed by atoms with Crippen molar-refractivity contribution in [3.8, 4) is 28.4 Å². The highest BCUT2D eigenvalue weighted by Gasteiger charge is 2.48. The van der Waals surface area contributed by atoms with Gasteiger partial charge in [0, 0.05) is 23.7 Å². The average Bonchev–Trinajstić information content (AvgIpc) is 3.75. The molecule has 3 aliphatic rings. The standard InChI is InChI=1S/C30H30ClN5O4/c1-16(2)36-12-11-32-29(36)20-9-5-18(6-10-20)17-3-7-19(8-4-17)25-21(31)13-22-28(34-25)35-30(33-22)40-24-15-39-26-23(37)14-38-27(24)26/h3-10,13,16,23-24,26-27,37H,11-12,14-15H2,1-2H3,(H,33,34,35)/t23?,24-,26?,27?/m1/s1. The summed E-state index contributed by atoms with van der Waals surface area (Å²) >= 11 is 6.64. The van der Waals surface area contributed by atoms with E-state index in [2.05, 4.69) is 65.1 Å². The number of ether oxygens (including phenoxy) is 3. The summed E-state index contributed by atoms with van der Waals surface area (Å²) in [6.45, 7) is 6.79. The summed E-state index contributed by atoms with van der Waals surface area (Å²) in [5.74, 6) is 1.08. The number of nitrogens with zero attached hydrogens (tertiary/aromatic N) is 4. The molecule has 0 bridgehead atoms. The summed E-state index contributed by atoms with van der Waals surface area (Å²) < 4.78 is 17.3. The van der Waals surface area contributed by atoms with E-state index in [-0.39, 0.29) is 24.9 Å². The predicted octanol–water partition coefficient (Wildman–Crippen LogP) is 4.32. The third-order valence-electron chi connectivity index (χ3n) is 7.78. The monoisotopic (exact) mass is 559 g/mol. The number of H-pyrrole nitrogens is 1. The van der Waals surface area contributed by atoms with Crippen molar-refractivity contribution in [2.45, 2.75) is 44.3 Å². The van der Waals surface area contributed by atoms with E-state index in [0.717, 1.165) is 41.2 Å². The fourth-order valence-electron chi connectivity index (χ4n) is 5.69. The molecule has 4 aromatic rings. The lowest BCUT2D eigenvalue weighted by molar-refractivity contribution is 0.00706. The molecule has 10 heteroatoms. The van der Waals surface area contributed by atoms with E-state index in [4.69, 9.17) is 35.8 Å². The normalized spacial score (nSPS) is 24.2. The van der Waals surface area contributed by atoms with Gasteiger partial charge < -0.3 is 29.2 Å². The fraction of sp³-hybridized carbons (Fsp3) is 0.367. The second-order valence-corrected chi connectivity index (χ2v) is 11.1. The molecule has 7 rings (SSSR count). The van der Waals surface area contributed by atoms with E-state index in [1.807, 2.05) is 18.2 Å². The van der Waals surface area contributed by atoms with Crippen LogP contribution in [0.3, 0.4) is 0 Å². The Morgan fingerprint density at radius 3 is 2.35 bits per heavy atom. The van der Waals surface area contributed by atoms with Crippen LogP contribution >= 0.6 is 11.6 Å². The number of halogens is 1. The number of aliphatic hydroxyl groups excluding tert-OH is 1. The Kier molecular flexibility index (Phi) is 6.47. The summed E-state index contributed by atoms with van der Waals surface area (Å²) in [4.78, 5) is 19.4. The van der Waals surface area contributed by atoms with Gasteiger partial charge in [0.2, 0.25) is 0 Å². The van der Waals surface area contributed by atoms with Gasteiger partial charge in [-0.15, -0.1) is 0 Å². The van der Waals surface area contributed by atoms with Crippen LogP contribution in [-0.2, 0) is 9.47 Å². The van der Waals surface area contributed by atoms with Gasteiger partial charge in [-0.1, -0.05) is 60.1 Å². The first-order chi connectivity index (χ1) is 19.4. The largest absolute Gasteiger partial charge is 0.456 e. The van der Waals surface area contributed by atoms with Crippen molar-refractivity contribution < 1.29 is 19.3 Å². The highest BCUT2D eigenvalue weighted by atomic mass is 35.5. The Balaban J connectivity index is 1.09. The molecule has 2 saturated heterocycles. The number of aliphatic hydroxyl groups is 1. The van der Waals surface area contributed by atoms with E-state index in [1.165, 1.54) is 0 Å². The van der Waals surface area contributed by atoms with Gasteiger partial charge in [0.25, 0.3) is 6.01 Å². The maximum absolute atomic E-state index is 9.97. The summed E-state index contributed by atoms with van der Waals surface area (Å²) in [6.07, 6.45) is -1.69. The molecule has 3 unspecified atom stereocenters. The molecule has 2 N–H and O–H groups in total. The van der Waals surface area contributed by atoms with Crippen molar-refractivity contribution in [3.05, 3.63) is 65.2 Å². The SMILES string of the molecule is CC(C)N1CCN=C1c1ccc(-c2ccc(-c3nc4nc(O[C@@H]5COC6C(O)COC65)[nH]c4cc3Cl)cc2)cc1. The van der Waals surface area contributed by atoms with E-state index >= 15 is 0 Å². The van der Waals surface area contributed by atoms with Gasteiger partial charge in [-0.3, -0.25) is 4.99 Å². The Labute approximate surface area is 236 Å². The minimum Gasteiger partial charge on any atom is -0.456 e. The van der Waals surface area contributed by atoms with Gasteiger partial charge in [0.15, 0.2) is 11.8 Å². The van der Waals surface area contributed by atoms with Crippen LogP contribution in [0.15, 0.2) is 59.6 Å². The Hall–Kier alpha value is -3.50. The number of aromatic nitrogens is 3. The van der Waals surface area contributed by atoms with Crippen molar-refractivity contribution in [1.29, 1.82) is 0 Å². The topological polar surface area (TPSA) is 105 Å². The lowest BCUT2D eigenvalue weighted by Crippen LogP contribution is -2.34. The Morgan fingerprint density at radius 1 is 0.950 bits per heavy atom. The molecule has 2 aromatic heterocycles. The molecule has 0 spiro atoms. The number of benzene rings is 2. The number of rotatable bonds is 6. The molecule has 9 nitrogen and oxygen atoms in total. The van der Waals surface area contributed by atoms with E-state index in [1.54, 1.807) is 0 Å². The van der Waals surface area contributed by atoms with E-state index in [9.17, 15) is 5.11 Å². The molecule has 206 valence electrons. The molecule has 40 heavy (non-hydrogen) atoms. The smallest absolute Gasteiger partial charge is 0.296 e. The van der Waals surface area contributed by atoms with Crippen LogP contribution in [0.2, 0.25) is 5.02 Å². The van der Waals surface area contributed by atoms with Crippen LogP contribution in [-0.4, -0.2) is 87.6 Å². The van der Waals surface area contributed by atoms with Gasteiger partial charge in [0.05, 0.1) is 36.0 Å². The molecule has 4 atom stereocenters. The summed E-state index contributed by atoms with van der Waals surface area (Å²) in [5, 5.41) is 10.5. The maximum atomic E-state index is 9.97. The molecule has 0 saturated carbocycles. The molecule has 0 amide bonds. The summed E-state index contributed by atoms with van der Waals surface area (Å²) in [6, 6.07) is 19.3. The van der Waals surface area contributed by atoms with Crippen molar-refractivity contribution >= 4 is 28.6 Å².